The van der Waals surface area contributed by atoms with Crippen LogP contribution in [0.15, 0.2) is 40.4 Å². The molecule has 0 saturated carbocycles. The summed E-state index contributed by atoms with van der Waals surface area (Å²) in [6, 6.07) is 8.11. The van der Waals surface area contributed by atoms with E-state index in [2.05, 4.69) is 42.7 Å². The quantitative estimate of drug-likeness (QED) is 0.693. The fourth-order valence-corrected chi connectivity index (χ4v) is 4.24. The van der Waals surface area contributed by atoms with Gasteiger partial charge in [-0.25, -0.2) is 0 Å². The van der Waals surface area contributed by atoms with Crippen LogP contribution in [0.3, 0.4) is 0 Å². The van der Waals surface area contributed by atoms with Crippen molar-refractivity contribution in [1.29, 1.82) is 0 Å². The number of hydrogen-bond donors (Lipinski definition) is 2. The standard InChI is InChI=1S/C14H13BrN4S2/c15-11-4-3-10(20-11)5-7-18-14-12(13(16)19-21-14)9-2-1-6-17-8-9/h1-4,6,8,18H,5,7H2,(H2,16,19). The molecule has 0 fully saturated rings. The largest absolute Gasteiger partial charge is 0.382 e. The number of aromatic nitrogens is 2. The Morgan fingerprint density at radius 1 is 1.29 bits per heavy atom. The van der Waals surface area contributed by atoms with Crippen molar-refractivity contribution >= 4 is 49.6 Å². The third kappa shape index (κ3) is 3.42. The number of nitrogens with one attached hydrogen (secondary N) is 1. The molecule has 3 N–H and O–H groups in total. The zero-order valence-electron chi connectivity index (χ0n) is 11.0. The maximum absolute atomic E-state index is 5.99. The van der Waals surface area contributed by atoms with Crippen LogP contribution in [0.5, 0.6) is 0 Å². The van der Waals surface area contributed by atoms with E-state index in [1.807, 2.05) is 18.3 Å². The molecule has 0 atom stereocenters. The molecule has 3 heterocycles. The number of pyridine rings is 1. The van der Waals surface area contributed by atoms with E-state index in [9.17, 15) is 0 Å². The van der Waals surface area contributed by atoms with Crippen LogP contribution < -0.4 is 11.1 Å². The van der Waals surface area contributed by atoms with Gasteiger partial charge in [0.15, 0.2) is 0 Å². The summed E-state index contributed by atoms with van der Waals surface area (Å²) >= 11 is 6.63. The van der Waals surface area contributed by atoms with Gasteiger partial charge in [0.2, 0.25) is 0 Å². The lowest BCUT2D eigenvalue weighted by Crippen LogP contribution is -2.03. The molecular formula is C14H13BrN4S2. The molecule has 0 aliphatic rings. The van der Waals surface area contributed by atoms with E-state index in [4.69, 9.17) is 5.73 Å². The second-order valence-electron chi connectivity index (χ2n) is 4.40. The number of thiophene rings is 1. The lowest BCUT2D eigenvalue weighted by Gasteiger charge is -2.06. The van der Waals surface area contributed by atoms with E-state index in [1.54, 1.807) is 17.5 Å². The van der Waals surface area contributed by atoms with Gasteiger partial charge in [0.05, 0.1) is 9.35 Å². The molecule has 0 radical (unpaired) electrons. The third-order valence-corrected chi connectivity index (χ3v) is 5.46. The minimum absolute atomic E-state index is 0.550. The highest BCUT2D eigenvalue weighted by atomic mass is 79.9. The number of anilines is 2. The van der Waals surface area contributed by atoms with Crippen LogP contribution in [0.1, 0.15) is 4.88 Å². The molecule has 0 unspecified atom stereocenters. The number of halogens is 1. The molecule has 108 valence electrons. The zero-order valence-corrected chi connectivity index (χ0v) is 14.3. The first kappa shape index (κ1) is 14.5. The van der Waals surface area contributed by atoms with Gasteiger partial charge in [-0.05, 0) is 52.1 Å². The van der Waals surface area contributed by atoms with Crippen molar-refractivity contribution in [2.24, 2.45) is 0 Å². The second kappa shape index (κ2) is 6.55. The Labute approximate surface area is 139 Å². The average Bonchev–Trinajstić information content (AvgIpc) is 3.06. The summed E-state index contributed by atoms with van der Waals surface area (Å²) in [5.41, 5.74) is 7.92. The van der Waals surface area contributed by atoms with Gasteiger partial charge in [-0.1, -0.05) is 6.07 Å². The molecule has 0 aliphatic carbocycles. The zero-order chi connectivity index (χ0) is 14.7. The number of nitrogen functional groups attached to an aromatic ring is 1. The molecule has 0 aromatic carbocycles. The third-order valence-electron chi connectivity index (χ3n) is 2.95. The highest BCUT2D eigenvalue weighted by Gasteiger charge is 2.13. The van der Waals surface area contributed by atoms with Crippen molar-refractivity contribution in [1.82, 2.24) is 9.36 Å². The lowest BCUT2D eigenvalue weighted by molar-refractivity contribution is 1.05. The molecule has 0 saturated heterocycles. The van der Waals surface area contributed by atoms with Crippen LogP contribution in [-0.4, -0.2) is 15.9 Å². The summed E-state index contributed by atoms with van der Waals surface area (Å²) < 4.78 is 5.41. The van der Waals surface area contributed by atoms with Crippen molar-refractivity contribution in [2.75, 3.05) is 17.6 Å². The maximum Gasteiger partial charge on any atom is 0.147 e. The van der Waals surface area contributed by atoms with Gasteiger partial charge in [0.1, 0.15) is 10.8 Å². The first-order valence-corrected chi connectivity index (χ1v) is 8.76. The van der Waals surface area contributed by atoms with E-state index in [1.165, 1.54) is 16.4 Å². The van der Waals surface area contributed by atoms with Gasteiger partial charge >= 0.3 is 0 Å². The van der Waals surface area contributed by atoms with Crippen LogP contribution in [0.4, 0.5) is 10.8 Å². The van der Waals surface area contributed by atoms with Crippen LogP contribution in [0, 0.1) is 0 Å². The Balaban J connectivity index is 1.72. The summed E-state index contributed by atoms with van der Waals surface area (Å²) in [6.07, 6.45) is 4.53. The molecule has 0 amide bonds. The van der Waals surface area contributed by atoms with Crippen molar-refractivity contribution in [3.8, 4) is 11.1 Å². The number of nitrogens with zero attached hydrogens (tertiary/aromatic N) is 2. The van der Waals surface area contributed by atoms with Crippen LogP contribution in [0.25, 0.3) is 11.1 Å². The molecule has 3 aromatic rings. The van der Waals surface area contributed by atoms with Gasteiger partial charge in [-0.15, -0.1) is 11.3 Å². The predicted octanol–water partition coefficient (Wildman–Crippen LogP) is 4.27. The van der Waals surface area contributed by atoms with Gasteiger partial charge in [0, 0.05) is 29.4 Å². The number of rotatable bonds is 5. The molecule has 7 heteroatoms. The summed E-state index contributed by atoms with van der Waals surface area (Å²) in [4.78, 5) is 5.49. The minimum atomic E-state index is 0.550. The smallest absolute Gasteiger partial charge is 0.147 e. The fraction of sp³-hybridized carbons (Fsp3) is 0.143. The summed E-state index contributed by atoms with van der Waals surface area (Å²) in [5.74, 6) is 0.550. The maximum atomic E-state index is 5.99. The lowest BCUT2D eigenvalue weighted by atomic mass is 10.1. The molecular weight excluding hydrogens is 368 g/mol. The van der Waals surface area contributed by atoms with Gasteiger partial charge in [-0.2, -0.15) is 4.37 Å². The number of nitrogens with two attached hydrogens (primary N) is 1. The van der Waals surface area contributed by atoms with Crippen molar-refractivity contribution in [3.05, 3.63) is 45.3 Å². The van der Waals surface area contributed by atoms with E-state index in [0.717, 1.165) is 32.9 Å². The normalized spacial score (nSPS) is 10.7. The van der Waals surface area contributed by atoms with Gasteiger partial charge < -0.3 is 11.1 Å². The summed E-state index contributed by atoms with van der Waals surface area (Å²) in [7, 11) is 0. The molecule has 0 bridgehead atoms. The van der Waals surface area contributed by atoms with Crippen LogP contribution >= 0.6 is 38.8 Å². The molecule has 4 nitrogen and oxygen atoms in total. The summed E-state index contributed by atoms with van der Waals surface area (Å²) in [6.45, 7) is 0.849. The van der Waals surface area contributed by atoms with Crippen molar-refractivity contribution in [2.45, 2.75) is 6.42 Å². The van der Waals surface area contributed by atoms with Gasteiger partial charge in [-0.3, -0.25) is 4.98 Å². The second-order valence-corrected chi connectivity index (χ2v) is 7.72. The van der Waals surface area contributed by atoms with Crippen molar-refractivity contribution in [3.63, 3.8) is 0 Å². The predicted molar refractivity (Wildman–Crippen MR) is 94.0 cm³/mol. The molecule has 0 aliphatic heterocycles. The first-order valence-electron chi connectivity index (χ1n) is 6.37. The Hall–Kier alpha value is -1.44. The van der Waals surface area contributed by atoms with Gasteiger partial charge in [0.25, 0.3) is 0 Å². The minimum Gasteiger partial charge on any atom is -0.382 e. The fourth-order valence-electron chi connectivity index (χ4n) is 2.00. The first-order chi connectivity index (χ1) is 10.2. The van der Waals surface area contributed by atoms with E-state index >= 15 is 0 Å². The van der Waals surface area contributed by atoms with Crippen LogP contribution in [0.2, 0.25) is 0 Å². The highest BCUT2D eigenvalue weighted by molar-refractivity contribution is 9.11. The average molecular weight is 381 g/mol. The van der Waals surface area contributed by atoms with Crippen LogP contribution in [-0.2, 0) is 6.42 Å². The van der Waals surface area contributed by atoms with E-state index in [-0.39, 0.29) is 0 Å². The molecule has 3 rings (SSSR count). The Morgan fingerprint density at radius 2 is 2.19 bits per heavy atom. The molecule has 21 heavy (non-hydrogen) atoms. The number of hydrogen-bond acceptors (Lipinski definition) is 6. The van der Waals surface area contributed by atoms with E-state index in [0.29, 0.717) is 5.82 Å². The topological polar surface area (TPSA) is 63.8 Å². The van der Waals surface area contributed by atoms with Crippen molar-refractivity contribution < 1.29 is 0 Å². The molecule has 0 spiro atoms. The van der Waals surface area contributed by atoms with E-state index < -0.39 is 0 Å². The Kier molecular flexibility index (Phi) is 4.52. The highest BCUT2D eigenvalue weighted by Crippen LogP contribution is 2.36. The molecule has 3 aromatic heterocycles. The monoisotopic (exact) mass is 380 g/mol. The summed E-state index contributed by atoms with van der Waals surface area (Å²) in [5, 5.41) is 4.43. The Bertz CT molecular complexity index is 724. The SMILES string of the molecule is Nc1nsc(NCCc2ccc(Br)s2)c1-c1cccnc1. The Morgan fingerprint density at radius 3 is 2.90 bits per heavy atom.